The van der Waals surface area contributed by atoms with Gasteiger partial charge in [-0.2, -0.15) is 0 Å². The molecule has 0 spiro atoms. The van der Waals surface area contributed by atoms with Gasteiger partial charge in [0, 0.05) is 37.6 Å². The summed E-state index contributed by atoms with van der Waals surface area (Å²) in [4.78, 5) is 28.4. The fraction of sp³-hybridized carbons (Fsp3) is 0.571. The first kappa shape index (κ1) is 15.0. The van der Waals surface area contributed by atoms with Crippen LogP contribution in [-0.2, 0) is 20.7 Å². The summed E-state index contributed by atoms with van der Waals surface area (Å²) in [7, 11) is 1.41. The molecule has 110 valence electrons. The maximum atomic E-state index is 12.1. The summed E-state index contributed by atoms with van der Waals surface area (Å²) in [5.41, 5.74) is 0. The number of carbonyl (C=O) groups is 2. The van der Waals surface area contributed by atoms with Crippen molar-refractivity contribution in [2.24, 2.45) is 0 Å². The van der Waals surface area contributed by atoms with Gasteiger partial charge in [0.15, 0.2) is 0 Å². The quantitative estimate of drug-likeness (QED) is 0.761. The molecular formula is C14H20N2O3S. The second-order valence-corrected chi connectivity index (χ2v) is 5.84. The van der Waals surface area contributed by atoms with E-state index in [0.717, 1.165) is 31.1 Å². The lowest BCUT2D eigenvalue weighted by Gasteiger charge is -2.34. The van der Waals surface area contributed by atoms with Gasteiger partial charge in [0.1, 0.15) is 0 Å². The van der Waals surface area contributed by atoms with Crippen molar-refractivity contribution in [3.63, 3.8) is 0 Å². The lowest BCUT2D eigenvalue weighted by Crippen LogP contribution is -2.49. The van der Waals surface area contributed by atoms with E-state index in [4.69, 9.17) is 0 Å². The van der Waals surface area contributed by atoms with Crippen molar-refractivity contribution in [1.29, 1.82) is 0 Å². The van der Waals surface area contributed by atoms with Gasteiger partial charge >= 0.3 is 5.97 Å². The highest BCUT2D eigenvalue weighted by molar-refractivity contribution is 7.10. The van der Waals surface area contributed by atoms with Crippen LogP contribution >= 0.6 is 11.3 Å². The number of hydrogen-bond donors (Lipinski definition) is 0. The van der Waals surface area contributed by atoms with E-state index in [1.54, 1.807) is 11.3 Å². The van der Waals surface area contributed by atoms with Crippen molar-refractivity contribution in [1.82, 2.24) is 9.80 Å². The number of methoxy groups -OCH3 is 1. The summed E-state index contributed by atoms with van der Waals surface area (Å²) < 4.78 is 4.63. The lowest BCUT2D eigenvalue weighted by molar-refractivity contribution is -0.141. The number of esters is 1. The summed E-state index contributed by atoms with van der Waals surface area (Å²) in [5, 5.41) is 1.99. The first-order valence-corrected chi connectivity index (χ1v) is 7.66. The molecule has 0 N–H and O–H groups in total. The summed E-state index contributed by atoms with van der Waals surface area (Å²) in [6.45, 7) is 3.84. The molecule has 0 bridgehead atoms. The number of carbonyl (C=O) groups excluding carboxylic acids is 2. The van der Waals surface area contributed by atoms with Crippen LogP contribution in [0.2, 0.25) is 0 Å². The average molecular weight is 296 g/mol. The molecule has 1 aliphatic heterocycles. The molecule has 1 aromatic heterocycles. The smallest absolute Gasteiger partial charge is 0.306 e. The van der Waals surface area contributed by atoms with Gasteiger partial charge in [0.05, 0.1) is 20.0 Å². The van der Waals surface area contributed by atoms with E-state index in [9.17, 15) is 9.59 Å². The molecule has 6 heteroatoms. The number of rotatable bonds is 5. The van der Waals surface area contributed by atoms with Crippen molar-refractivity contribution < 1.29 is 14.3 Å². The first-order valence-electron chi connectivity index (χ1n) is 6.78. The summed E-state index contributed by atoms with van der Waals surface area (Å²) >= 11 is 1.62. The van der Waals surface area contributed by atoms with Crippen molar-refractivity contribution >= 4 is 23.2 Å². The SMILES string of the molecule is COC(=O)CCN1CCN(C(=O)Cc2cccs2)CC1. The third-order valence-electron chi connectivity index (χ3n) is 3.49. The number of amides is 1. The Morgan fingerprint density at radius 3 is 2.65 bits per heavy atom. The standard InChI is InChI=1S/C14H20N2O3S/c1-19-14(18)4-5-15-6-8-16(9-7-15)13(17)11-12-3-2-10-20-12/h2-3,10H,4-9,11H2,1H3. The van der Waals surface area contributed by atoms with Gasteiger partial charge < -0.3 is 9.64 Å². The van der Waals surface area contributed by atoms with Gasteiger partial charge in [-0.3, -0.25) is 14.5 Å². The van der Waals surface area contributed by atoms with Crippen LogP contribution in [0, 0.1) is 0 Å². The zero-order valence-electron chi connectivity index (χ0n) is 11.7. The van der Waals surface area contributed by atoms with Gasteiger partial charge in [0.2, 0.25) is 5.91 Å². The molecule has 0 saturated carbocycles. The number of ether oxygens (including phenoxy) is 1. The van der Waals surface area contributed by atoms with Crippen molar-refractivity contribution in [2.45, 2.75) is 12.8 Å². The zero-order valence-corrected chi connectivity index (χ0v) is 12.5. The maximum Gasteiger partial charge on any atom is 0.306 e. The van der Waals surface area contributed by atoms with Crippen molar-refractivity contribution in [3.05, 3.63) is 22.4 Å². The molecule has 0 aliphatic carbocycles. The normalized spacial score (nSPS) is 16.1. The third-order valence-corrected chi connectivity index (χ3v) is 4.37. The second kappa shape index (κ2) is 7.40. The molecule has 5 nitrogen and oxygen atoms in total. The molecule has 1 aliphatic rings. The summed E-state index contributed by atoms with van der Waals surface area (Å²) in [6, 6.07) is 3.97. The van der Waals surface area contributed by atoms with Crippen molar-refractivity contribution in [3.8, 4) is 0 Å². The van der Waals surface area contributed by atoms with Crippen LogP contribution in [0.5, 0.6) is 0 Å². The minimum atomic E-state index is -0.179. The van der Waals surface area contributed by atoms with Gasteiger partial charge in [-0.1, -0.05) is 6.07 Å². The number of piperazine rings is 1. The highest BCUT2D eigenvalue weighted by Gasteiger charge is 2.21. The minimum Gasteiger partial charge on any atom is -0.469 e. The van der Waals surface area contributed by atoms with E-state index in [2.05, 4.69) is 9.64 Å². The molecule has 0 radical (unpaired) electrons. The van der Waals surface area contributed by atoms with E-state index < -0.39 is 0 Å². The highest BCUT2D eigenvalue weighted by atomic mass is 32.1. The van der Waals surface area contributed by atoms with Gasteiger partial charge in [-0.05, 0) is 11.4 Å². The number of thiophene rings is 1. The fourth-order valence-electron chi connectivity index (χ4n) is 2.25. The zero-order chi connectivity index (χ0) is 14.4. The molecule has 0 aromatic carbocycles. The third kappa shape index (κ3) is 4.31. The Morgan fingerprint density at radius 2 is 2.05 bits per heavy atom. The van der Waals surface area contributed by atoms with E-state index in [1.807, 2.05) is 22.4 Å². The lowest BCUT2D eigenvalue weighted by atomic mass is 10.2. The molecule has 1 fully saturated rings. The Labute approximate surface area is 123 Å². The molecule has 2 rings (SSSR count). The predicted molar refractivity (Wildman–Crippen MR) is 77.7 cm³/mol. The number of hydrogen-bond acceptors (Lipinski definition) is 5. The second-order valence-electron chi connectivity index (χ2n) is 4.80. The summed E-state index contributed by atoms with van der Waals surface area (Å²) in [6.07, 6.45) is 0.916. The van der Waals surface area contributed by atoms with Crippen LogP contribution < -0.4 is 0 Å². The molecule has 1 aromatic rings. The van der Waals surface area contributed by atoms with Gasteiger partial charge in [-0.25, -0.2) is 0 Å². The van der Waals surface area contributed by atoms with Gasteiger partial charge in [-0.15, -0.1) is 11.3 Å². The Kier molecular flexibility index (Phi) is 5.55. The Morgan fingerprint density at radius 1 is 1.30 bits per heavy atom. The topological polar surface area (TPSA) is 49.9 Å². The van der Waals surface area contributed by atoms with Crippen molar-refractivity contribution in [2.75, 3.05) is 39.8 Å². The molecular weight excluding hydrogens is 276 g/mol. The minimum absolute atomic E-state index is 0.179. The van der Waals surface area contributed by atoms with Gasteiger partial charge in [0.25, 0.3) is 0 Å². The molecule has 1 amide bonds. The number of nitrogens with zero attached hydrogens (tertiary/aromatic N) is 2. The van der Waals surface area contributed by atoms with E-state index in [0.29, 0.717) is 19.4 Å². The van der Waals surface area contributed by atoms with E-state index >= 15 is 0 Å². The Bertz CT molecular complexity index is 439. The monoisotopic (exact) mass is 296 g/mol. The van der Waals surface area contributed by atoms with Crippen LogP contribution in [0.4, 0.5) is 0 Å². The van der Waals surface area contributed by atoms with Crippen LogP contribution in [0.1, 0.15) is 11.3 Å². The Balaban J connectivity index is 1.71. The first-order chi connectivity index (χ1) is 9.69. The fourth-order valence-corrected chi connectivity index (χ4v) is 2.94. The predicted octanol–water partition coefficient (Wildman–Crippen LogP) is 0.998. The molecule has 1 saturated heterocycles. The van der Waals surface area contributed by atoms with E-state index in [-0.39, 0.29) is 11.9 Å². The largest absolute Gasteiger partial charge is 0.469 e. The Hall–Kier alpha value is -1.40. The van der Waals surface area contributed by atoms with Crippen LogP contribution in [0.15, 0.2) is 17.5 Å². The van der Waals surface area contributed by atoms with Crippen LogP contribution in [-0.4, -0.2) is 61.5 Å². The molecule has 0 unspecified atom stereocenters. The van der Waals surface area contributed by atoms with Crippen LogP contribution in [0.3, 0.4) is 0 Å². The highest BCUT2D eigenvalue weighted by Crippen LogP contribution is 2.12. The molecule has 2 heterocycles. The molecule has 20 heavy (non-hydrogen) atoms. The molecule has 0 atom stereocenters. The van der Waals surface area contributed by atoms with E-state index in [1.165, 1.54) is 7.11 Å². The maximum absolute atomic E-state index is 12.1. The van der Waals surface area contributed by atoms with Crippen LogP contribution in [0.25, 0.3) is 0 Å². The summed E-state index contributed by atoms with van der Waals surface area (Å²) in [5.74, 6) is 0.0151. The average Bonchev–Trinajstić information content (AvgIpc) is 2.98.